The number of benzene rings is 1. The first-order valence-electron chi connectivity index (χ1n) is 7.81. The Labute approximate surface area is 117 Å². The molecule has 1 N–H and O–H groups in total. The van der Waals surface area contributed by atoms with Gasteiger partial charge in [0.1, 0.15) is 5.75 Å². The molecule has 19 heavy (non-hydrogen) atoms. The van der Waals surface area contributed by atoms with E-state index in [0.717, 1.165) is 37.8 Å². The third-order valence-corrected chi connectivity index (χ3v) is 3.67. The Hall–Kier alpha value is -1.02. The molecule has 0 saturated heterocycles. The van der Waals surface area contributed by atoms with Crippen molar-refractivity contribution >= 4 is 0 Å². The third-order valence-electron chi connectivity index (χ3n) is 3.67. The Morgan fingerprint density at radius 2 is 2.00 bits per heavy atom. The molecule has 0 aromatic heterocycles. The minimum absolute atomic E-state index is 0.847. The number of unbranched alkanes of at least 4 members (excludes halogenated alkanes) is 3. The van der Waals surface area contributed by atoms with Gasteiger partial charge in [-0.2, -0.15) is 0 Å². The molecule has 0 radical (unpaired) electrons. The summed E-state index contributed by atoms with van der Waals surface area (Å²) in [6.45, 7) is 5.17. The molecule has 1 aliphatic rings. The van der Waals surface area contributed by atoms with E-state index in [4.69, 9.17) is 4.74 Å². The van der Waals surface area contributed by atoms with Gasteiger partial charge in [0.05, 0.1) is 6.61 Å². The summed E-state index contributed by atoms with van der Waals surface area (Å²) in [7, 11) is 0. The molecule has 1 fully saturated rings. The van der Waals surface area contributed by atoms with Crippen molar-refractivity contribution in [3.05, 3.63) is 29.8 Å². The van der Waals surface area contributed by atoms with Crippen LogP contribution in [0.25, 0.3) is 0 Å². The molecule has 1 aromatic carbocycles. The van der Waals surface area contributed by atoms with Gasteiger partial charge in [-0.25, -0.2) is 0 Å². The van der Waals surface area contributed by atoms with Crippen LogP contribution in [0.2, 0.25) is 0 Å². The molecule has 1 aromatic rings. The highest BCUT2D eigenvalue weighted by atomic mass is 16.5. The summed E-state index contributed by atoms with van der Waals surface area (Å²) in [6.07, 6.45) is 7.84. The second-order valence-corrected chi connectivity index (χ2v) is 5.59. The maximum absolute atomic E-state index is 5.92. The number of ether oxygens (including phenoxy) is 1. The first-order valence-corrected chi connectivity index (χ1v) is 7.81. The average molecular weight is 261 g/mol. The maximum Gasteiger partial charge on any atom is 0.123 e. The van der Waals surface area contributed by atoms with Gasteiger partial charge < -0.3 is 10.1 Å². The number of nitrogens with one attached hydrogen (secondary N) is 1. The number of hydrogen-bond acceptors (Lipinski definition) is 2. The monoisotopic (exact) mass is 261 g/mol. The van der Waals surface area contributed by atoms with Crippen LogP contribution in [-0.2, 0) is 6.54 Å². The van der Waals surface area contributed by atoms with Crippen LogP contribution < -0.4 is 10.1 Å². The van der Waals surface area contributed by atoms with E-state index in [0.29, 0.717) is 0 Å². The summed E-state index contributed by atoms with van der Waals surface area (Å²) in [4.78, 5) is 0. The van der Waals surface area contributed by atoms with Crippen molar-refractivity contribution in [3.8, 4) is 5.75 Å². The van der Waals surface area contributed by atoms with Gasteiger partial charge in [-0.05, 0) is 37.8 Å². The minimum Gasteiger partial charge on any atom is -0.493 e. The van der Waals surface area contributed by atoms with E-state index in [2.05, 4.69) is 36.5 Å². The van der Waals surface area contributed by atoms with Crippen LogP contribution in [0, 0.1) is 5.92 Å². The zero-order valence-electron chi connectivity index (χ0n) is 12.2. The predicted octanol–water partition coefficient (Wildman–Crippen LogP) is 4.15. The molecule has 0 heterocycles. The SMILES string of the molecule is CCCCCCOc1ccccc1CNCC1CC1. The van der Waals surface area contributed by atoms with Crippen LogP contribution >= 0.6 is 0 Å². The van der Waals surface area contributed by atoms with Crippen LogP contribution in [0.1, 0.15) is 51.0 Å². The number of para-hydroxylation sites is 1. The molecule has 2 rings (SSSR count). The fourth-order valence-corrected chi connectivity index (χ4v) is 2.23. The average Bonchev–Trinajstić information content (AvgIpc) is 3.24. The zero-order chi connectivity index (χ0) is 13.3. The first kappa shape index (κ1) is 14.4. The minimum atomic E-state index is 0.847. The Balaban J connectivity index is 1.71. The molecular formula is C17H27NO. The van der Waals surface area contributed by atoms with Crippen LogP contribution in [-0.4, -0.2) is 13.2 Å². The summed E-state index contributed by atoms with van der Waals surface area (Å²) in [6, 6.07) is 8.42. The lowest BCUT2D eigenvalue weighted by Gasteiger charge is -2.12. The second kappa shape index (κ2) is 8.21. The van der Waals surface area contributed by atoms with E-state index < -0.39 is 0 Å². The van der Waals surface area contributed by atoms with Crippen LogP contribution in [0.5, 0.6) is 5.75 Å². The Morgan fingerprint density at radius 3 is 2.79 bits per heavy atom. The predicted molar refractivity (Wildman–Crippen MR) is 80.5 cm³/mol. The largest absolute Gasteiger partial charge is 0.493 e. The van der Waals surface area contributed by atoms with Gasteiger partial charge in [-0.1, -0.05) is 44.4 Å². The summed E-state index contributed by atoms with van der Waals surface area (Å²) in [5.74, 6) is 1.99. The smallest absolute Gasteiger partial charge is 0.123 e. The molecule has 0 spiro atoms. The van der Waals surface area contributed by atoms with Crippen molar-refractivity contribution in [1.82, 2.24) is 5.32 Å². The first-order chi connectivity index (χ1) is 9.40. The number of rotatable bonds is 10. The van der Waals surface area contributed by atoms with Crippen LogP contribution in [0.15, 0.2) is 24.3 Å². The lowest BCUT2D eigenvalue weighted by molar-refractivity contribution is 0.301. The Bertz CT molecular complexity index is 360. The second-order valence-electron chi connectivity index (χ2n) is 5.59. The van der Waals surface area contributed by atoms with Gasteiger partial charge in [0.2, 0.25) is 0 Å². The van der Waals surface area contributed by atoms with Crippen molar-refractivity contribution in [2.24, 2.45) is 5.92 Å². The number of hydrogen-bond donors (Lipinski definition) is 1. The van der Waals surface area contributed by atoms with Crippen LogP contribution in [0.4, 0.5) is 0 Å². The molecule has 0 unspecified atom stereocenters. The standard InChI is InChI=1S/C17H27NO/c1-2-3-4-7-12-19-17-9-6-5-8-16(17)14-18-13-15-10-11-15/h5-6,8-9,15,18H,2-4,7,10-14H2,1H3. The molecule has 0 amide bonds. The summed E-state index contributed by atoms with van der Waals surface area (Å²) in [5, 5.41) is 3.53. The van der Waals surface area contributed by atoms with Gasteiger partial charge in [-0.3, -0.25) is 0 Å². The summed E-state index contributed by atoms with van der Waals surface area (Å²) >= 11 is 0. The van der Waals surface area contributed by atoms with Gasteiger partial charge in [-0.15, -0.1) is 0 Å². The van der Waals surface area contributed by atoms with Gasteiger partial charge >= 0.3 is 0 Å². The summed E-state index contributed by atoms with van der Waals surface area (Å²) in [5.41, 5.74) is 1.29. The Morgan fingerprint density at radius 1 is 1.16 bits per heavy atom. The molecule has 0 bridgehead atoms. The Kier molecular flexibility index (Phi) is 6.22. The molecule has 106 valence electrons. The molecule has 0 aliphatic heterocycles. The van der Waals surface area contributed by atoms with Gasteiger partial charge in [0, 0.05) is 12.1 Å². The molecule has 1 saturated carbocycles. The fraction of sp³-hybridized carbons (Fsp3) is 0.647. The molecule has 2 nitrogen and oxygen atoms in total. The normalized spacial score (nSPS) is 14.6. The highest BCUT2D eigenvalue weighted by Gasteiger charge is 2.20. The van der Waals surface area contributed by atoms with E-state index in [9.17, 15) is 0 Å². The van der Waals surface area contributed by atoms with Crippen molar-refractivity contribution in [2.75, 3.05) is 13.2 Å². The van der Waals surface area contributed by atoms with Crippen LogP contribution in [0.3, 0.4) is 0 Å². The third kappa shape index (κ3) is 5.65. The zero-order valence-corrected chi connectivity index (χ0v) is 12.2. The topological polar surface area (TPSA) is 21.3 Å². The van der Waals surface area contributed by atoms with Crippen molar-refractivity contribution < 1.29 is 4.74 Å². The summed E-state index contributed by atoms with van der Waals surface area (Å²) < 4.78 is 5.92. The van der Waals surface area contributed by atoms with Gasteiger partial charge in [0.25, 0.3) is 0 Å². The van der Waals surface area contributed by atoms with E-state index >= 15 is 0 Å². The van der Waals surface area contributed by atoms with Crippen molar-refractivity contribution in [3.63, 3.8) is 0 Å². The molecule has 0 atom stereocenters. The van der Waals surface area contributed by atoms with E-state index in [1.54, 1.807) is 0 Å². The van der Waals surface area contributed by atoms with Crippen molar-refractivity contribution in [2.45, 2.75) is 52.0 Å². The highest BCUT2D eigenvalue weighted by molar-refractivity contribution is 5.33. The molecular weight excluding hydrogens is 234 g/mol. The van der Waals surface area contributed by atoms with Gasteiger partial charge in [0.15, 0.2) is 0 Å². The lowest BCUT2D eigenvalue weighted by Crippen LogP contribution is -2.16. The fourth-order valence-electron chi connectivity index (χ4n) is 2.23. The molecule has 1 aliphatic carbocycles. The van der Waals surface area contributed by atoms with E-state index in [1.807, 2.05) is 0 Å². The lowest BCUT2D eigenvalue weighted by atomic mass is 10.2. The van der Waals surface area contributed by atoms with E-state index in [1.165, 1.54) is 37.7 Å². The van der Waals surface area contributed by atoms with Crippen molar-refractivity contribution in [1.29, 1.82) is 0 Å². The quantitative estimate of drug-likeness (QED) is 0.639. The molecule has 2 heteroatoms. The highest BCUT2D eigenvalue weighted by Crippen LogP contribution is 2.28. The maximum atomic E-state index is 5.92. The van der Waals surface area contributed by atoms with E-state index in [-0.39, 0.29) is 0 Å².